The van der Waals surface area contributed by atoms with Crippen molar-refractivity contribution in [3.63, 3.8) is 0 Å². The second-order valence-corrected chi connectivity index (χ2v) is 4.41. The van der Waals surface area contributed by atoms with Gasteiger partial charge in [-0.25, -0.2) is 0 Å². The number of hydrogen-bond donors (Lipinski definition) is 1. The maximum Gasteiger partial charge on any atom is 0.194 e. The summed E-state index contributed by atoms with van der Waals surface area (Å²) in [5.41, 5.74) is 2.86. The van der Waals surface area contributed by atoms with Crippen LogP contribution in [0.3, 0.4) is 0 Å². The van der Waals surface area contributed by atoms with Gasteiger partial charge in [0.2, 0.25) is 0 Å². The highest BCUT2D eigenvalue weighted by molar-refractivity contribution is 14.0. The Morgan fingerprint density at radius 1 is 1.37 bits per heavy atom. The van der Waals surface area contributed by atoms with Gasteiger partial charge in [0.25, 0.3) is 0 Å². The molecule has 0 saturated carbocycles. The predicted molar refractivity (Wildman–Crippen MR) is 89.2 cm³/mol. The minimum atomic E-state index is 0. The van der Waals surface area contributed by atoms with Gasteiger partial charge in [0.1, 0.15) is 0 Å². The van der Waals surface area contributed by atoms with Crippen LogP contribution < -0.4 is 5.32 Å². The number of fused-ring (bicyclic) bond motifs is 1. The van der Waals surface area contributed by atoms with Gasteiger partial charge < -0.3 is 15.0 Å². The number of ether oxygens (including phenoxy) is 1. The molecule has 0 amide bonds. The van der Waals surface area contributed by atoms with E-state index in [1.165, 1.54) is 11.1 Å². The summed E-state index contributed by atoms with van der Waals surface area (Å²) in [5, 5.41) is 3.32. The van der Waals surface area contributed by atoms with Crippen LogP contribution in [0.4, 0.5) is 0 Å². The largest absolute Gasteiger partial charge is 0.383 e. The zero-order valence-electron chi connectivity index (χ0n) is 11.6. The number of nitrogens with zero attached hydrogens (tertiary/aromatic N) is 2. The van der Waals surface area contributed by atoms with Crippen LogP contribution in [-0.2, 0) is 17.7 Å². The summed E-state index contributed by atoms with van der Waals surface area (Å²) in [6, 6.07) is 8.63. The molecule has 4 nitrogen and oxygen atoms in total. The van der Waals surface area contributed by atoms with E-state index < -0.39 is 0 Å². The summed E-state index contributed by atoms with van der Waals surface area (Å²) in [6.45, 7) is 3.44. The Hall–Kier alpha value is -0.820. The van der Waals surface area contributed by atoms with E-state index in [9.17, 15) is 0 Å². The molecule has 1 aromatic carbocycles. The fourth-order valence-electron chi connectivity index (χ4n) is 2.27. The SMILES string of the molecule is CN=C(NCCOC)N1CCc2ccccc2C1.I. The van der Waals surface area contributed by atoms with Gasteiger partial charge in [-0.05, 0) is 17.5 Å². The predicted octanol–water partition coefficient (Wildman–Crippen LogP) is 1.88. The summed E-state index contributed by atoms with van der Waals surface area (Å²) >= 11 is 0. The number of guanidine groups is 1. The van der Waals surface area contributed by atoms with Gasteiger partial charge in [-0.1, -0.05) is 24.3 Å². The van der Waals surface area contributed by atoms with Crippen LogP contribution in [0.15, 0.2) is 29.3 Å². The third kappa shape index (κ3) is 4.35. The van der Waals surface area contributed by atoms with E-state index in [2.05, 4.69) is 39.5 Å². The Labute approximate surface area is 132 Å². The van der Waals surface area contributed by atoms with E-state index in [1.807, 2.05) is 7.05 Å². The maximum atomic E-state index is 5.04. The highest BCUT2D eigenvalue weighted by Gasteiger charge is 2.18. The summed E-state index contributed by atoms with van der Waals surface area (Å²) in [7, 11) is 3.54. The first-order valence-corrected chi connectivity index (χ1v) is 6.36. The van der Waals surface area contributed by atoms with Gasteiger partial charge in [0.15, 0.2) is 5.96 Å². The van der Waals surface area contributed by atoms with Crippen molar-refractivity contribution in [2.45, 2.75) is 13.0 Å². The van der Waals surface area contributed by atoms with E-state index in [4.69, 9.17) is 4.74 Å². The molecule has 0 radical (unpaired) electrons. The molecule has 0 unspecified atom stereocenters. The van der Waals surface area contributed by atoms with Crippen LogP contribution in [0.1, 0.15) is 11.1 Å². The molecule has 0 aliphatic carbocycles. The lowest BCUT2D eigenvalue weighted by Gasteiger charge is -2.31. The summed E-state index contributed by atoms with van der Waals surface area (Å²) < 4.78 is 5.04. The smallest absolute Gasteiger partial charge is 0.194 e. The Bertz CT molecular complexity index is 423. The number of hydrogen-bond acceptors (Lipinski definition) is 2. The number of aliphatic imine (C=N–C) groups is 1. The van der Waals surface area contributed by atoms with Crippen LogP contribution in [0.5, 0.6) is 0 Å². The monoisotopic (exact) mass is 375 g/mol. The lowest BCUT2D eigenvalue weighted by Crippen LogP contribution is -2.44. The average molecular weight is 375 g/mol. The quantitative estimate of drug-likeness (QED) is 0.380. The van der Waals surface area contributed by atoms with E-state index in [-0.39, 0.29) is 24.0 Å². The third-order valence-electron chi connectivity index (χ3n) is 3.23. The molecule has 1 heterocycles. The van der Waals surface area contributed by atoms with Gasteiger partial charge >= 0.3 is 0 Å². The Morgan fingerprint density at radius 2 is 2.11 bits per heavy atom. The van der Waals surface area contributed by atoms with E-state index >= 15 is 0 Å². The molecule has 0 fully saturated rings. The number of halogens is 1. The summed E-state index contributed by atoms with van der Waals surface area (Å²) in [6.07, 6.45) is 1.08. The fraction of sp³-hybridized carbons (Fsp3) is 0.500. The molecule has 19 heavy (non-hydrogen) atoms. The first-order chi connectivity index (χ1) is 8.85. The normalized spacial score (nSPS) is 14.6. The molecule has 1 aromatic rings. The molecule has 5 heteroatoms. The average Bonchev–Trinajstić information content (AvgIpc) is 2.43. The zero-order valence-corrected chi connectivity index (χ0v) is 13.9. The standard InChI is InChI=1S/C14H21N3O.HI/c1-15-14(16-8-10-18-2)17-9-7-12-5-3-4-6-13(12)11-17;/h3-6H,7-11H2,1-2H3,(H,15,16);1H. The van der Waals surface area contributed by atoms with E-state index in [0.717, 1.165) is 32.0 Å². The minimum absolute atomic E-state index is 0. The van der Waals surface area contributed by atoms with Crippen LogP contribution in [0.25, 0.3) is 0 Å². The van der Waals surface area contributed by atoms with E-state index in [1.54, 1.807) is 7.11 Å². The van der Waals surface area contributed by atoms with Crippen molar-refractivity contribution < 1.29 is 4.74 Å². The second kappa shape index (κ2) is 8.37. The van der Waals surface area contributed by atoms with Crippen molar-refractivity contribution in [3.8, 4) is 0 Å². The minimum Gasteiger partial charge on any atom is -0.383 e. The van der Waals surface area contributed by atoms with Gasteiger partial charge in [-0.2, -0.15) is 0 Å². The van der Waals surface area contributed by atoms with Gasteiger partial charge in [0.05, 0.1) is 6.61 Å². The summed E-state index contributed by atoms with van der Waals surface area (Å²) in [4.78, 5) is 6.62. The number of benzene rings is 1. The lowest BCUT2D eigenvalue weighted by atomic mass is 10.0. The van der Waals surface area contributed by atoms with Gasteiger partial charge in [0, 0.05) is 33.8 Å². The Kier molecular flexibility index (Phi) is 7.15. The molecule has 0 aromatic heterocycles. The zero-order chi connectivity index (χ0) is 12.8. The number of nitrogens with one attached hydrogen (secondary N) is 1. The van der Waals surface area contributed by atoms with Gasteiger partial charge in [-0.3, -0.25) is 4.99 Å². The molecule has 1 aliphatic heterocycles. The van der Waals surface area contributed by atoms with Crippen molar-refractivity contribution >= 4 is 29.9 Å². The first-order valence-electron chi connectivity index (χ1n) is 6.36. The van der Waals surface area contributed by atoms with Crippen LogP contribution in [0.2, 0.25) is 0 Å². The van der Waals surface area contributed by atoms with Crippen molar-refractivity contribution in [1.29, 1.82) is 0 Å². The topological polar surface area (TPSA) is 36.9 Å². The molecule has 0 saturated heterocycles. The maximum absolute atomic E-state index is 5.04. The summed E-state index contributed by atoms with van der Waals surface area (Å²) in [5.74, 6) is 0.960. The Morgan fingerprint density at radius 3 is 2.79 bits per heavy atom. The van der Waals surface area contributed by atoms with Crippen molar-refractivity contribution in [2.24, 2.45) is 4.99 Å². The lowest BCUT2D eigenvalue weighted by molar-refractivity contribution is 0.202. The molecule has 106 valence electrons. The van der Waals surface area contributed by atoms with Crippen molar-refractivity contribution in [2.75, 3.05) is 33.9 Å². The van der Waals surface area contributed by atoms with E-state index in [0.29, 0.717) is 6.61 Å². The molecular weight excluding hydrogens is 353 g/mol. The molecule has 1 aliphatic rings. The van der Waals surface area contributed by atoms with Gasteiger partial charge in [-0.15, -0.1) is 24.0 Å². The number of methoxy groups -OCH3 is 1. The molecule has 0 bridgehead atoms. The highest BCUT2D eigenvalue weighted by Crippen LogP contribution is 2.18. The first kappa shape index (κ1) is 16.2. The molecule has 0 atom stereocenters. The Balaban J connectivity index is 0.00000180. The van der Waals surface area contributed by atoms with Crippen molar-refractivity contribution in [1.82, 2.24) is 10.2 Å². The molecule has 1 N–H and O–H groups in total. The molecular formula is C14H22IN3O. The fourth-order valence-corrected chi connectivity index (χ4v) is 2.27. The highest BCUT2D eigenvalue weighted by atomic mass is 127. The molecule has 0 spiro atoms. The number of rotatable bonds is 3. The third-order valence-corrected chi connectivity index (χ3v) is 3.23. The second-order valence-electron chi connectivity index (χ2n) is 4.41. The van der Waals surface area contributed by atoms with Crippen molar-refractivity contribution in [3.05, 3.63) is 35.4 Å². The van der Waals surface area contributed by atoms with Crippen LogP contribution in [0, 0.1) is 0 Å². The van der Waals surface area contributed by atoms with Crippen LogP contribution in [-0.4, -0.2) is 44.7 Å². The van der Waals surface area contributed by atoms with Crippen LogP contribution >= 0.6 is 24.0 Å². The molecule has 2 rings (SSSR count).